The summed E-state index contributed by atoms with van der Waals surface area (Å²) in [4.78, 5) is 7.43. The second-order valence-electron chi connectivity index (χ2n) is 4.38. The van der Waals surface area contributed by atoms with Gasteiger partial charge in [-0.15, -0.1) is 0 Å². The summed E-state index contributed by atoms with van der Waals surface area (Å²) in [5, 5.41) is 3.60. The van der Waals surface area contributed by atoms with Gasteiger partial charge in [0.05, 0.1) is 6.04 Å². The van der Waals surface area contributed by atoms with E-state index >= 15 is 0 Å². The number of rotatable bonds is 5. The predicted octanol–water partition coefficient (Wildman–Crippen LogP) is 3.97. The summed E-state index contributed by atoms with van der Waals surface area (Å²) in [5.74, 6) is 0.975. The minimum Gasteiger partial charge on any atom is -0.347 e. The minimum atomic E-state index is 0.212. The number of H-pyrrole nitrogens is 1. The molecular formula is C14H18BrN3. The van der Waals surface area contributed by atoms with Crippen molar-refractivity contribution in [3.8, 4) is 0 Å². The van der Waals surface area contributed by atoms with Gasteiger partial charge in [0.2, 0.25) is 0 Å². The van der Waals surface area contributed by atoms with Crippen LogP contribution in [0.25, 0.3) is 0 Å². The molecule has 1 aromatic carbocycles. The number of nitrogens with zero attached hydrogens (tertiary/aromatic N) is 1. The molecule has 0 aliphatic heterocycles. The van der Waals surface area contributed by atoms with Crippen molar-refractivity contribution in [2.75, 3.05) is 0 Å². The molecule has 2 atom stereocenters. The van der Waals surface area contributed by atoms with Crippen molar-refractivity contribution in [1.29, 1.82) is 0 Å². The molecule has 0 aliphatic carbocycles. The average Bonchev–Trinajstić information content (AvgIpc) is 2.89. The Morgan fingerprint density at radius 3 is 2.89 bits per heavy atom. The zero-order valence-corrected chi connectivity index (χ0v) is 12.2. The smallest absolute Gasteiger partial charge is 0.122 e. The number of hydrogen-bond acceptors (Lipinski definition) is 2. The fraction of sp³-hybridized carbons (Fsp3) is 0.357. The van der Waals surface area contributed by atoms with Crippen LogP contribution in [0, 0.1) is 0 Å². The Balaban J connectivity index is 2.10. The quantitative estimate of drug-likeness (QED) is 0.877. The van der Waals surface area contributed by atoms with Crippen LogP contribution in [-0.4, -0.2) is 9.97 Å². The Morgan fingerprint density at radius 2 is 2.28 bits per heavy atom. The topological polar surface area (TPSA) is 40.7 Å². The number of aromatic amines is 1. The molecule has 0 amide bonds. The zero-order valence-electron chi connectivity index (χ0n) is 10.7. The molecule has 0 radical (unpaired) electrons. The van der Waals surface area contributed by atoms with Gasteiger partial charge in [-0.25, -0.2) is 4.98 Å². The molecule has 0 aliphatic rings. The number of nitrogens with one attached hydrogen (secondary N) is 2. The van der Waals surface area contributed by atoms with Crippen LogP contribution in [0.5, 0.6) is 0 Å². The van der Waals surface area contributed by atoms with Crippen molar-refractivity contribution in [1.82, 2.24) is 15.3 Å². The van der Waals surface area contributed by atoms with Crippen LogP contribution in [0.3, 0.4) is 0 Å². The second kappa shape index (κ2) is 6.16. The van der Waals surface area contributed by atoms with E-state index in [9.17, 15) is 0 Å². The molecule has 0 saturated carbocycles. The van der Waals surface area contributed by atoms with E-state index in [4.69, 9.17) is 0 Å². The van der Waals surface area contributed by atoms with E-state index in [1.165, 1.54) is 5.56 Å². The van der Waals surface area contributed by atoms with Crippen LogP contribution in [0.15, 0.2) is 41.1 Å². The van der Waals surface area contributed by atoms with Gasteiger partial charge in [-0.3, -0.25) is 0 Å². The molecule has 1 aromatic heterocycles. The molecule has 18 heavy (non-hydrogen) atoms. The molecule has 96 valence electrons. The van der Waals surface area contributed by atoms with Gasteiger partial charge in [-0.2, -0.15) is 0 Å². The molecular weight excluding hydrogens is 290 g/mol. The highest BCUT2D eigenvalue weighted by molar-refractivity contribution is 9.10. The van der Waals surface area contributed by atoms with Crippen LogP contribution in [0.2, 0.25) is 0 Å². The predicted molar refractivity (Wildman–Crippen MR) is 77.3 cm³/mol. The maximum absolute atomic E-state index is 4.29. The van der Waals surface area contributed by atoms with Gasteiger partial charge in [0, 0.05) is 22.9 Å². The summed E-state index contributed by atoms with van der Waals surface area (Å²) in [6.45, 7) is 4.31. The highest BCUT2D eigenvalue weighted by Gasteiger charge is 2.15. The Labute approximate surface area is 116 Å². The Bertz CT molecular complexity index is 482. The lowest BCUT2D eigenvalue weighted by molar-refractivity contribution is 0.444. The molecule has 3 nitrogen and oxygen atoms in total. The lowest BCUT2D eigenvalue weighted by atomic mass is 10.0. The molecule has 1 heterocycles. The molecule has 0 saturated heterocycles. The SMILES string of the molecule is CCC(NC(C)c1ncc[nH]1)c1cccc(Br)c1. The van der Waals surface area contributed by atoms with Crippen LogP contribution in [0.1, 0.15) is 43.7 Å². The molecule has 0 spiro atoms. The Kier molecular flexibility index (Phi) is 4.55. The highest BCUT2D eigenvalue weighted by atomic mass is 79.9. The van der Waals surface area contributed by atoms with E-state index in [2.05, 4.69) is 63.3 Å². The van der Waals surface area contributed by atoms with Gasteiger partial charge in [0.1, 0.15) is 5.82 Å². The average molecular weight is 308 g/mol. The molecule has 2 N–H and O–H groups in total. The van der Waals surface area contributed by atoms with Gasteiger partial charge in [-0.05, 0) is 31.0 Å². The second-order valence-corrected chi connectivity index (χ2v) is 5.29. The summed E-state index contributed by atoms with van der Waals surface area (Å²) in [6, 6.07) is 8.98. The number of imidazole rings is 1. The van der Waals surface area contributed by atoms with E-state index in [-0.39, 0.29) is 6.04 Å². The van der Waals surface area contributed by atoms with Gasteiger partial charge in [0.25, 0.3) is 0 Å². The van der Waals surface area contributed by atoms with Gasteiger partial charge in [-0.1, -0.05) is 35.0 Å². The van der Waals surface area contributed by atoms with Crippen molar-refractivity contribution in [2.24, 2.45) is 0 Å². The third-order valence-electron chi connectivity index (χ3n) is 3.04. The summed E-state index contributed by atoms with van der Waals surface area (Å²) >= 11 is 3.52. The summed E-state index contributed by atoms with van der Waals surface area (Å²) in [7, 11) is 0. The standard InChI is InChI=1S/C14H18BrN3/c1-3-13(11-5-4-6-12(15)9-11)18-10(2)14-16-7-8-17-14/h4-10,13,18H,3H2,1-2H3,(H,16,17). The fourth-order valence-electron chi connectivity index (χ4n) is 2.07. The van der Waals surface area contributed by atoms with Crippen molar-refractivity contribution < 1.29 is 0 Å². The number of aromatic nitrogens is 2. The monoisotopic (exact) mass is 307 g/mol. The van der Waals surface area contributed by atoms with Crippen LogP contribution < -0.4 is 5.32 Å². The first-order chi connectivity index (χ1) is 8.70. The largest absolute Gasteiger partial charge is 0.347 e. The lowest BCUT2D eigenvalue weighted by Crippen LogP contribution is -2.25. The van der Waals surface area contributed by atoms with E-state index < -0.39 is 0 Å². The minimum absolute atomic E-state index is 0.212. The first kappa shape index (κ1) is 13.3. The highest BCUT2D eigenvalue weighted by Crippen LogP contribution is 2.23. The van der Waals surface area contributed by atoms with Crippen molar-refractivity contribution in [3.05, 3.63) is 52.5 Å². The van der Waals surface area contributed by atoms with Crippen molar-refractivity contribution in [2.45, 2.75) is 32.4 Å². The summed E-state index contributed by atoms with van der Waals surface area (Å²) in [6.07, 6.45) is 4.68. The van der Waals surface area contributed by atoms with Gasteiger partial charge >= 0.3 is 0 Å². The molecule has 2 rings (SSSR count). The zero-order chi connectivity index (χ0) is 13.0. The van der Waals surface area contributed by atoms with Gasteiger partial charge in [0.15, 0.2) is 0 Å². The van der Waals surface area contributed by atoms with Crippen molar-refractivity contribution >= 4 is 15.9 Å². The summed E-state index contributed by atoms with van der Waals surface area (Å²) < 4.78 is 1.12. The lowest BCUT2D eigenvalue weighted by Gasteiger charge is -2.21. The van der Waals surface area contributed by atoms with E-state index in [0.717, 1.165) is 16.7 Å². The molecule has 2 aromatic rings. The molecule has 2 unspecified atom stereocenters. The maximum Gasteiger partial charge on any atom is 0.122 e. The van der Waals surface area contributed by atoms with Crippen LogP contribution in [0.4, 0.5) is 0 Å². The summed E-state index contributed by atoms with van der Waals surface area (Å²) in [5.41, 5.74) is 1.30. The van der Waals surface area contributed by atoms with Gasteiger partial charge < -0.3 is 10.3 Å². The molecule has 4 heteroatoms. The maximum atomic E-state index is 4.29. The number of halogens is 1. The first-order valence-corrected chi connectivity index (χ1v) is 7.00. The Morgan fingerprint density at radius 1 is 1.44 bits per heavy atom. The third-order valence-corrected chi connectivity index (χ3v) is 3.53. The first-order valence-electron chi connectivity index (χ1n) is 6.21. The number of benzene rings is 1. The van der Waals surface area contributed by atoms with Crippen LogP contribution in [-0.2, 0) is 0 Å². The Hall–Kier alpha value is -1.13. The molecule has 0 fully saturated rings. The van der Waals surface area contributed by atoms with Crippen molar-refractivity contribution in [3.63, 3.8) is 0 Å². The fourth-order valence-corrected chi connectivity index (χ4v) is 2.49. The normalized spacial score (nSPS) is 14.4. The molecule has 0 bridgehead atoms. The van der Waals surface area contributed by atoms with E-state index in [0.29, 0.717) is 6.04 Å². The third kappa shape index (κ3) is 3.21. The van der Waals surface area contributed by atoms with Crippen LogP contribution >= 0.6 is 15.9 Å². The van der Waals surface area contributed by atoms with E-state index in [1.807, 2.05) is 12.3 Å². The number of hydrogen-bond donors (Lipinski definition) is 2. The van der Waals surface area contributed by atoms with E-state index in [1.54, 1.807) is 6.20 Å².